The zero-order valence-corrected chi connectivity index (χ0v) is 17.4. The molecule has 168 valence electrons. The van der Waals surface area contributed by atoms with Gasteiger partial charge in [0, 0.05) is 24.4 Å². The molecule has 2 aromatic carbocycles. The summed E-state index contributed by atoms with van der Waals surface area (Å²) in [7, 11) is 0. The van der Waals surface area contributed by atoms with Crippen LogP contribution in [0.1, 0.15) is 42.5 Å². The molecule has 0 aliphatic heterocycles. The first-order valence-electron chi connectivity index (χ1n) is 10.4. The van der Waals surface area contributed by atoms with Crippen molar-refractivity contribution in [3.05, 3.63) is 75.6 Å². The van der Waals surface area contributed by atoms with Gasteiger partial charge in [-0.25, -0.2) is 9.18 Å². The lowest BCUT2D eigenvalue weighted by Gasteiger charge is -2.15. The number of benzene rings is 2. The summed E-state index contributed by atoms with van der Waals surface area (Å²) in [5.41, 5.74) is 1.55. The van der Waals surface area contributed by atoms with Crippen LogP contribution in [0.2, 0.25) is 0 Å². The number of nitrogens with one attached hydrogen (secondary N) is 2. The van der Waals surface area contributed by atoms with Crippen molar-refractivity contribution in [2.24, 2.45) is 0 Å². The number of allylic oxidation sites excluding steroid dienone is 1. The monoisotopic (exact) mass is 441 g/mol. The molecule has 0 radical (unpaired) electrons. The highest BCUT2D eigenvalue weighted by atomic mass is 19.1. The Morgan fingerprint density at radius 3 is 2.69 bits per heavy atom. The van der Waals surface area contributed by atoms with E-state index in [4.69, 9.17) is 4.74 Å². The number of nitro benzene ring substituents is 1. The van der Waals surface area contributed by atoms with Crippen LogP contribution >= 0.6 is 0 Å². The Kier molecular flexibility index (Phi) is 7.91. The van der Waals surface area contributed by atoms with Gasteiger partial charge in [0.25, 0.3) is 11.6 Å². The van der Waals surface area contributed by atoms with Gasteiger partial charge in [-0.1, -0.05) is 23.8 Å². The number of halogens is 1. The van der Waals surface area contributed by atoms with Crippen LogP contribution in [-0.2, 0) is 9.53 Å². The molecule has 2 N–H and O–H groups in total. The average Bonchev–Trinajstić information content (AvgIpc) is 2.80. The quantitative estimate of drug-likeness (QED) is 0.250. The number of hydrogen-bond acceptors (Lipinski definition) is 6. The Labute approximate surface area is 184 Å². The van der Waals surface area contributed by atoms with E-state index in [9.17, 15) is 24.1 Å². The molecule has 0 saturated heterocycles. The van der Waals surface area contributed by atoms with Gasteiger partial charge in [0.1, 0.15) is 5.82 Å². The second kappa shape index (κ2) is 11.0. The maximum absolute atomic E-state index is 13.8. The van der Waals surface area contributed by atoms with Crippen molar-refractivity contribution in [3.8, 4) is 0 Å². The number of esters is 1. The largest absolute Gasteiger partial charge is 0.452 e. The topological polar surface area (TPSA) is 111 Å². The number of para-hydroxylation sites is 1. The first kappa shape index (κ1) is 22.9. The van der Waals surface area contributed by atoms with Crippen LogP contribution in [0.25, 0.3) is 0 Å². The highest BCUT2D eigenvalue weighted by Crippen LogP contribution is 2.22. The Bertz CT molecular complexity index is 1040. The Balaban J connectivity index is 1.54. The number of non-ortho nitro benzene ring substituents is 1. The number of ether oxygens (including phenoxy) is 1. The lowest BCUT2D eigenvalue weighted by atomic mass is 9.97. The first-order chi connectivity index (χ1) is 15.4. The number of rotatable bonds is 9. The van der Waals surface area contributed by atoms with Crippen molar-refractivity contribution < 1.29 is 23.6 Å². The van der Waals surface area contributed by atoms with E-state index >= 15 is 0 Å². The van der Waals surface area contributed by atoms with Gasteiger partial charge in [0.15, 0.2) is 6.61 Å². The molecule has 32 heavy (non-hydrogen) atoms. The molecule has 0 fully saturated rings. The van der Waals surface area contributed by atoms with Gasteiger partial charge in [0.05, 0.1) is 16.2 Å². The summed E-state index contributed by atoms with van der Waals surface area (Å²) in [6.45, 7) is 0.00482. The normalized spacial score (nSPS) is 13.1. The van der Waals surface area contributed by atoms with Crippen LogP contribution in [0.4, 0.5) is 21.5 Å². The predicted octanol–water partition coefficient (Wildman–Crippen LogP) is 4.83. The Hall–Kier alpha value is -3.75. The van der Waals surface area contributed by atoms with Crippen molar-refractivity contribution in [2.45, 2.75) is 32.1 Å². The predicted molar refractivity (Wildman–Crippen MR) is 118 cm³/mol. The SMILES string of the molecule is O=C(COC(=O)c1ccccc1NCCC1=CCCCC1)Nc1cc([N+](=O)[O-])ccc1F. The van der Waals surface area contributed by atoms with Crippen LogP contribution in [-0.4, -0.2) is 30.0 Å². The summed E-state index contributed by atoms with van der Waals surface area (Å²) >= 11 is 0. The zero-order valence-electron chi connectivity index (χ0n) is 17.4. The standard InChI is InChI=1S/C23H24FN3O5/c24-19-11-10-17(27(30)31)14-21(19)26-22(28)15-32-23(29)18-8-4-5-9-20(18)25-13-12-16-6-2-1-3-7-16/h4-6,8-11,14,25H,1-3,7,12-13,15H2,(H,26,28). The summed E-state index contributed by atoms with van der Waals surface area (Å²) in [5.74, 6) is -2.36. The number of nitro groups is 1. The average molecular weight is 441 g/mol. The third kappa shape index (κ3) is 6.37. The van der Waals surface area contributed by atoms with Crippen molar-refractivity contribution >= 4 is 28.9 Å². The molecule has 0 heterocycles. The van der Waals surface area contributed by atoms with E-state index in [0.29, 0.717) is 12.2 Å². The molecule has 1 amide bonds. The van der Waals surface area contributed by atoms with Crippen molar-refractivity contribution in [1.82, 2.24) is 0 Å². The Morgan fingerprint density at radius 1 is 1.12 bits per heavy atom. The smallest absolute Gasteiger partial charge is 0.340 e. The van der Waals surface area contributed by atoms with Crippen molar-refractivity contribution in [2.75, 3.05) is 23.8 Å². The molecule has 0 bridgehead atoms. The number of carbonyl (C=O) groups excluding carboxylic acids is 2. The van der Waals surface area contributed by atoms with Gasteiger partial charge in [0.2, 0.25) is 0 Å². The molecule has 2 aromatic rings. The molecule has 3 rings (SSSR count). The summed E-state index contributed by atoms with van der Waals surface area (Å²) in [6.07, 6.45) is 7.81. The van der Waals surface area contributed by atoms with E-state index < -0.39 is 29.2 Å². The number of nitrogens with zero attached hydrogens (tertiary/aromatic N) is 1. The fourth-order valence-electron chi connectivity index (χ4n) is 3.42. The minimum Gasteiger partial charge on any atom is -0.452 e. The summed E-state index contributed by atoms with van der Waals surface area (Å²) in [5, 5.41) is 16.2. The number of amides is 1. The second-order valence-electron chi connectivity index (χ2n) is 7.38. The van der Waals surface area contributed by atoms with E-state index in [1.165, 1.54) is 18.4 Å². The summed E-state index contributed by atoms with van der Waals surface area (Å²) in [6, 6.07) is 9.58. The van der Waals surface area contributed by atoms with Crippen molar-refractivity contribution in [3.63, 3.8) is 0 Å². The summed E-state index contributed by atoms with van der Waals surface area (Å²) in [4.78, 5) is 34.7. The van der Waals surface area contributed by atoms with Crippen LogP contribution < -0.4 is 10.6 Å². The number of hydrogen-bond donors (Lipinski definition) is 2. The first-order valence-corrected chi connectivity index (χ1v) is 10.4. The van der Waals surface area contributed by atoms with Gasteiger partial charge in [-0.2, -0.15) is 0 Å². The summed E-state index contributed by atoms with van der Waals surface area (Å²) < 4.78 is 18.9. The molecule has 1 aliphatic carbocycles. The molecule has 8 nitrogen and oxygen atoms in total. The van der Waals surface area contributed by atoms with Gasteiger partial charge in [-0.05, 0) is 50.3 Å². The minimum atomic E-state index is -0.835. The fourth-order valence-corrected chi connectivity index (χ4v) is 3.42. The number of anilines is 2. The van der Waals surface area contributed by atoms with Crippen LogP contribution in [0.5, 0.6) is 0 Å². The van der Waals surface area contributed by atoms with E-state index in [2.05, 4.69) is 16.7 Å². The molecule has 9 heteroatoms. The Morgan fingerprint density at radius 2 is 1.94 bits per heavy atom. The zero-order chi connectivity index (χ0) is 22.9. The lowest BCUT2D eigenvalue weighted by molar-refractivity contribution is -0.384. The number of carbonyl (C=O) groups is 2. The van der Waals surface area contributed by atoms with Crippen LogP contribution in [0.3, 0.4) is 0 Å². The van der Waals surface area contributed by atoms with Gasteiger partial charge in [-0.3, -0.25) is 14.9 Å². The van der Waals surface area contributed by atoms with Gasteiger partial charge < -0.3 is 15.4 Å². The highest BCUT2D eigenvalue weighted by molar-refractivity contribution is 5.98. The van der Waals surface area contributed by atoms with Crippen LogP contribution in [0.15, 0.2) is 54.1 Å². The maximum atomic E-state index is 13.8. The molecule has 0 spiro atoms. The molecular weight excluding hydrogens is 417 g/mol. The second-order valence-corrected chi connectivity index (χ2v) is 7.38. The molecule has 0 atom stereocenters. The van der Waals surface area contributed by atoms with Crippen molar-refractivity contribution in [1.29, 1.82) is 0 Å². The highest BCUT2D eigenvalue weighted by Gasteiger charge is 2.17. The fraction of sp³-hybridized carbons (Fsp3) is 0.304. The third-order valence-corrected chi connectivity index (χ3v) is 5.06. The van der Waals surface area contributed by atoms with Gasteiger partial charge in [-0.15, -0.1) is 0 Å². The van der Waals surface area contributed by atoms with Crippen LogP contribution in [0, 0.1) is 15.9 Å². The maximum Gasteiger partial charge on any atom is 0.340 e. The van der Waals surface area contributed by atoms with E-state index in [-0.39, 0.29) is 16.9 Å². The van der Waals surface area contributed by atoms with E-state index in [1.54, 1.807) is 24.3 Å². The van der Waals surface area contributed by atoms with E-state index in [1.807, 2.05) is 0 Å². The molecule has 1 aliphatic rings. The third-order valence-electron chi connectivity index (χ3n) is 5.06. The molecule has 0 unspecified atom stereocenters. The molecule has 0 saturated carbocycles. The van der Waals surface area contributed by atoms with Gasteiger partial charge >= 0.3 is 5.97 Å². The molecular formula is C23H24FN3O5. The lowest BCUT2D eigenvalue weighted by Crippen LogP contribution is -2.22. The minimum absolute atomic E-state index is 0.277. The van der Waals surface area contributed by atoms with E-state index in [0.717, 1.165) is 37.5 Å². The molecule has 0 aromatic heterocycles.